The number of aromatic nitrogens is 1. The molecule has 6 heteroatoms. The van der Waals surface area contributed by atoms with E-state index in [0.717, 1.165) is 6.07 Å². The summed E-state index contributed by atoms with van der Waals surface area (Å²) in [5, 5.41) is -0.295. The molecule has 1 aromatic carbocycles. The lowest BCUT2D eigenvalue weighted by atomic mass is 10.2. The Hall–Kier alpha value is -1.23. The molecule has 0 atom stereocenters. The molecule has 0 spiro atoms. The van der Waals surface area contributed by atoms with Crippen LogP contribution < -0.4 is 0 Å². The van der Waals surface area contributed by atoms with Crippen molar-refractivity contribution in [1.82, 2.24) is 4.98 Å². The molecule has 0 amide bonds. The van der Waals surface area contributed by atoms with E-state index in [0.29, 0.717) is 0 Å². The molecule has 2 aromatic rings. The van der Waals surface area contributed by atoms with Crippen molar-refractivity contribution in [3.63, 3.8) is 0 Å². The van der Waals surface area contributed by atoms with Gasteiger partial charge in [-0.1, -0.05) is 6.07 Å². The average Bonchev–Trinajstić information content (AvgIpc) is 2.41. The van der Waals surface area contributed by atoms with Crippen LogP contribution in [0.1, 0.15) is 5.56 Å². The van der Waals surface area contributed by atoms with E-state index < -0.39 is 11.7 Å². The molecule has 1 heterocycles. The number of oxazole rings is 1. The Balaban J connectivity index is 2.77. The van der Waals surface area contributed by atoms with Gasteiger partial charge in [-0.3, -0.25) is 0 Å². The van der Waals surface area contributed by atoms with E-state index in [1.807, 2.05) is 0 Å². The predicted octanol–water partition coefficient (Wildman–Crippen LogP) is 3.50. The summed E-state index contributed by atoms with van der Waals surface area (Å²) in [7, 11) is 0. The molecule has 0 radical (unpaired) electrons. The fraction of sp³-hybridized carbons (Fsp3) is 0.125. The molecule has 1 aromatic heterocycles. The Labute approximate surface area is 81.3 Å². The molecule has 0 aliphatic rings. The van der Waals surface area contributed by atoms with Gasteiger partial charge in [0, 0.05) is 0 Å². The first-order chi connectivity index (χ1) is 6.48. The quantitative estimate of drug-likeness (QED) is 0.681. The van der Waals surface area contributed by atoms with Crippen molar-refractivity contribution in [2.24, 2.45) is 0 Å². The lowest BCUT2D eigenvalue weighted by molar-refractivity contribution is -0.136. The van der Waals surface area contributed by atoms with Crippen molar-refractivity contribution in [2.75, 3.05) is 0 Å². The number of halogens is 4. The molecule has 2 nitrogen and oxygen atoms in total. The Morgan fingerprint density at radius 1 is 1.29 bits per heavy atom. The maximum absolute atomic E-state index is 12.4. The third-order valence-corrected chi connectivity index (χ3v) is 1.86. The summed E-state index contributed by atoms with van der Waals surface area (Å²) in [6, 6.07) is 3.58. The fourth-order valence-corrected chi connectivity index (χ4v) is 1.31. The lowest BCUT2D eigenvalue weighted by Crippen LogP contribution is -2.04. The summed E-state index contributed by atoms with van der Waals surface area (Å²) in [5.74, 6) is 0. The van der Waals surface area contributed by atoms with Crippen LogP contribution in [0.15, 0.2) is 22.6 Å². The van der Waals surface area contributed by atoms with Crippen molar-refractivity contribution in [3.8, 4) is 0 Å². The summed E-state index contributed by atoms with van der Waals surface area (Å²) < 4.78 is 41.8. The second-order valence-corrected chi connectivity index (χ2v) is 2.94. The van der Waals surface area contributed by atoms with Crippen LogP contribution in [-0.2, 0) is 6.18 Å². The summed E-state index contributed by atoms with van der Waals surface area (Å²) in [6.07, 6.45) is -4.46. The molecule has 0 saturated carbocycles. The first-order valence-corrected chi connectivity index (χ1v) is 3.98. The van der Waals surface area contributed by atoms with Crippen LogP contribution in [0.25, 0.3) is 11.1 Å². The van der Waals surface area contributed by atoms with Gasteiger partial charge in [-0.25, -0.2) is 0 Å². The van der Waals surface area contributed by atoms with Crippen molar-refractivity contribution in [1.29, 1.82) is 0 Å². The fourth-order valence-electron chi connectivity index (χ4n) is 1.15. The Morgan fingerprint density at radius 3 is 2.64 bits per heavy atom. The monoisotopic (exact) mass is 221 g/mol. The van der Waals surface area contributed by atoms with Gasteiger partial charge in [-0.05, 0) is 23.7 Å². The van der Waals surface area contributed by atoms with Gasteiger partial charge in [0.1, 0.15) is 11.1 Å². The summed E-state index contributed by atoms with van der Waals surface area (Å²) in [5.41, 5.74) is -1.09. The highest BCUT2D eigenvalue weighted by Crippen LogP contribution is 2.35. The molecule has 14 heavy (non-hydrogen) atoms. The van der Waals surface area contributed by atoms with Crippen LogP contribution in [0.3, 0.4) is 0 Å². The number of para-hydroxylation sites is 1. The molecule has 0 bridgehead atoms. The molecule has 0 fully saturated rings. The van der Waals surface area contributed by atoms with E-state index in [1.54, 1.807) is 0 Å². The summed E-state index contributed by atoms with van der Waals surface area (Å²) in [6.45, 7) is 0. The smallest absolute Gasteiger partial charge is 0.420 e. The van der Waals surface area contributed by atoms with Crippen molar-refractivity contribution in [2.45, 2.75) is 6.18 Å². The lowest BCUT2D eigenvalue weighted by Gasteiger charge is -2.05. The van der Waals surface area contributed by atoms with E-state index in [1.165, 1.54) is 12.1 Å². The Kier molecular flexibility index (Phi) is 1.92. The van der Waals surface area contributed by atoms with Crippen molar-refractivity contribution < 1.29 is 17.6 Å². The van der Waals surface area contributed by atoms with Gasteiger partial charge < -0.3 is 4.42 Å². The zero-order valence-electron chi connectivity index (χ0n) is 6.60. The van der Waals surface area contributed by atoms with E-state index in [9.17, 15) is 13.2 Å². The third kappa shape index (κ3) is 1.43. The first-order valence-electron chi connectivity index (χ1n) is 3.61. The van der Waals surface area contributed by atoms with Gasteiger partial charge in [0.25, 0.3) is 5.35 Å². The van der Waals surface area contributed by atoms with Crippen LogP contribution in [0.2, 0.25) is 5.35 Å². The summed E-state index contributed by atoms with van der Waals surface area (Å²) in [4.78, 5) is 3.59. The van der Waals surface area contributed by atoms with Crippen LogP contribution in [0.4, 0.5) is 13.2 Å². The molecular weight excluding hydrogens is 219 g/mol. The zero-order chi connectivity index (χ0) is 10.3. The largest absolute Gasteiger partial charge is 0.427 e. The number of hydrogen-bond donors (Lipinski definition) is 0. The Bertz CT molecular complexity index is 477. The first kappa shape index (κ1) is 9.33. The van der Waals surface area contributed by atoms with E-state index >= 15 is 0 Å². The maximum atomic E-state index is 12.4. The highest BCUT2D eigenvalue weighted by atomic mass is 35.5. The third-order valence-electron chi connectivity index (χ3n) is 1.69. The van der Waals surface area contributed by atoms with E-state index in [-0.39, 0.29) is 16.4 Å². The SMILES string of the molecule is FC(F)(F)c1cccc2nc(Cl)oc12. The molecular formula is C8H3ClF3NO. The molecule has 0 unspecified atom stereocenters. The molecule has 0 aliphatic heterocycles. The van der Waals surface area contributed by atoms with Gasteiger partial charge in [-0.15, -0.1) is 0 Å². The molecule has 0 N–H and O–H groups in total. The van der Waals surface area contributed by atoms with Crippen LogP contribution in [0.5, 0.6) is 0 Å². The van der Waals surface area contributed by atoms with E-state index in [4.69, 9.17) is 11.6 Å². The van der Waals surface area contributed by atoms with Gasteiger partial charge in [0.15, 0.2) is 5.58 Å². The minimum absolute atomic E-state index is 0.102. The second kappa shape index (κ2) is 2.88. The van der Waals surface area contributed by atoms with Gasteiger partial charge in [-0.2, -0.15) is 18.2 Å². The molecule has 0 saturated heterocycles. The number of fused-ring (bicyclic) bond motifs is 1. The number of alkyl halides is 3. The normalized spacial score (nSPS) is 12.3. The van der Waals surface area contributed by atoms with Crippen LogP contribution in [-0.4, -0.2) is 4.98 Å². The summed E-state index contributed by atoms with van der Waals surface area (Å²) >= 11 is 5.36. The number of hydrogen-bond acceptors (Lipinski definition) is 2. The van der Waals surface area contributed by atoms with Crippen LogP contribution >= 0.6 is 11.6 Å². The topological polar surface area (TPSA) is 26.0 Å². The highest BCUT2D eigenvalue weighted by molar-refractivity contribution is 6.28. The molecule has 2 rings (SSSR count). The minimum atomic E-state index is -4.46. The van der Waals surface area contributed by atoms with Gasteiger partial charge in [0.05, 0.1) is 0 Å². The average molecular weight is 222 g/mol. The standard InChI is InChI=1S/C8H3ClF3NO/c9-7-13-5-3-1-2-4(6(5)14-7)8(10,11)12/h1-3H. The predicted molar refractivity (Wildman–Crippen MR) is 44.0 cm³/mol. The molecule has 0 aliphatic carbocycles. The van der Waals surface area contributed by atoms with Gasteiger partial charge in [0.2, 0.25) is 0 Å². The van der Waals surface area contributed by atoms with Crippen molar-refractivity contribution in [3.05, 3.63) is 29.1 Å². The number of rotatable bonds is 0. The maximum Gasteiger partial charge on any atom is 0.420 e. The second-order valence-electron chi connectivity index (χ2n) is 2.62. The minimum Gasteiger partial charge on any atom is -0.427 e. The molecule has 74 valence electrons. The van der Waals surface area contributed by atoms with E-state index in [2.05, 4.69) is 9.40 Å². The number of benzene rings is 1. The van der Waals surface area contributed by atoms with Gasteiger partial charge >= 0.3 is 6.18 Å². The van der Waals surface area contributed by atoms with Crippen LogP contribution in [0, 0.1) is 0 Å². The highest BCUT2D eigenvalue weighted by Gasteiger charge is 2.34. The Morgan fingerprint density at radius 2 is 2.00 bits per heavy atom. The van der Waals surface area contributed by atoms with Crippen molar-refractivity contribution >= 4 is 22.7 Å². The zero-order valence-corrected chi connectivity index (χ0v) is 7.36. The number of nitrogens with zero attached hydrogens (tertiary/aromatic N) is 1.